The van der Waals surface area contributed by atoms with Crippen LogP contribution in [0.3, 0.4) is 0 Å². The van der Waals surface area contributed by atoms with Gasteiger partial charge in [-0.05, 0) is 57.5 Å². The van der Waals surface area contributed by atoms with Crippen molar-refractivity contribution in [2.45, 2.75) is 33.7 Å². The molecule has 0 fully saturated rings. The van der Waals surface area contributed by atoms with Gasteiger partial charge in [-0.2, -0.15) is 0 Å². The molecule has 7 nitrogen and oxygen atoms in total. The minimum absolute atomic E-state index is 0.00697. The molecule has 1 amide bonds. The van der Waals surface area contributed by atoms with Crippen LogP contribution in [0.1, 0.15) is 48.3 Å². The molecule has 0 saturated carbocycles. The molecule has 7 heteroatoms. The highest BCUT2D eigenvalue weighted by atomic mass is 16.6. The summed E-state index contributed by atoms with van der Waals surface area (Å²) in [5, 5.41) is 13.8. The molecule has 0 aromatic heterocycles. The van der Waals surface area contributed by atoms with Crippen LogP contribution >= 0.6 is 0 Å². The van der Waals surface area contributed by atoms with Gasteiger partial charge in [0.2, 0.25) is 0 Å². The molecule has 1 unspecified atom stereocenters. The Morgan fingerprint density at radius 2 is 1.78 bits per heavy atom. The molecule has 0 radical (unpaired) electrons. The number of aryl methyl sites for hydroxylation is 1. The zero-order valence-corrected chi connectivity index (χ0v) is 15.9. The van der Waals surface area contributed by atoms with Gasteiger partial charge in [0.05, 0.1) is 24.2 Å². The van der Waals surface area contributed by atoms with Gasteiger partial charge in [0.1, 0.15) is 0 Å². The van der Waals surface area contributed by atoms with E-state index in [-0.39, 0.29) is 17.6 Å². The van der Waals surface area contributed by atoms with Gasteiger partial charge in [-0.1, -0.05) is 6.07 Å². The van der Waals surface area contributed by atoms with E-state index in [9.17, 15) is 14.9 Å². The first-order valence-electron chi connectivity index (χ1n) is 8.82. The Kier molecular flexibility index (Phi) is 6.76. The summed E-state index contributed by atoms with van der Waals surface area (Å²) in [5.74, 6) is 0.990. The Labute approximate surface area is 158 Å². The van der Waals surface area contributed by atoms with Gasteiger partial charge in [0.15, 0.2) is 11.5 Å². The van der Waals surface area contributed by atoms with Crippen molar-refractivity contribution in [3.8, 4) is 11.5 Å². The quantitative estimate of drug-likeness (QED) is 0.554. The molecule has 0 aliphatic rings. The maximum absolute atomic E-state index is 12.5. The molecule has 27 heavy (non-hydrogen) atoms. The Morgan fingerprint density at radius 1 is 1.11 bits per heavy atom. The van der Waals surface area contributed by atoms with Crippen LogP contribution in [0.5, 0.6) is 11.5 Å². The Hall–Kier alpha value is -3.09. The van der Waals surface area contributed by atoms with Crippen LogP contribution in [0.15, 0.2) is 36.4 Å². The average Bonchev–Trinajstić information content (AvgIpc) is 2.63. The van der Waals surface area contributed by atoms with Crippen molar-refractivity contribution in [3.05, 3.63) is 63.2 Å². The van der Waals surface area contributed by atoms with Crippen LogP contribution in [0.25, 0.3) is 0 Å². The number of carbonyl (C=O) groups excluding carboxylic acids is 1. The molecule has 0 aliphatic heterocycles. The molecule has 2 aromatic rings. The number of hydrogen-bond acceptors (Lipinski definition) is 5. The topological polar surface area (TPSA) is 90.7 Å². The molecule has 144 valence electrons. The van der Waals surface area contributed by atoms with Crippen molar-refractivity contribution in [2.24, 2.45) is 0 Å². The standard InChI is InChI=1S/C20H24N2O5/c1-5-26-18-10-8-15(12-19(18)27-6-2)14(4)21-20(23)16-7-9-17(22(24)25)13(3)11-16/h7-12,14H,5-6H2,1-4H3,(H,21,23). The lowest BCUT2D eigenvalue weighted by molar-refractivity contribution is -0.385. The second kappa shape index (κ2) is 9.02. The number of nitrogens with zero attached hydrogens (tertiary/aromatic N) is 1. The number of carbonyl (C=O) groups is 1. The molecule has 0 saturated heterocycles. The Bertz CT molecular complexity index is 835. The first-order valence-corrected chi connectivity index (χ1v) is 8.82. The van der Waals surface area contributed by atoms with Crippen molar-refractivity contribution >= 4 is 11.6 Å². The highest BCUT2D eigenvalue weighted by Gasteiger charge is 2.17. The van der Waals surface area contributed by atoms with Crippen molar-refractivity contribution < 1.29 is 19.2 Å². The van der Waals surface area contributed by atoms with E-state index in [2.05, 4.69) is 5.32 Å². The van der Waals surface area contributed by atoms with E-state index in [1.54, 1.807) is 6.92 Å². The lowest BCUT2D eigenvalue weighted by atomic mass is 10.1. The minimum atomic E-state index is -0.463. The fourth-order valence-electron chi connectivity index (χ4n) is 2.70. The van der Waals surface area contributed by atoms with Gasteiger partial charge in [0, 0.05) is 17.2 Å². The smallest absolute Gasteiger partial charge is 0.272 e. The van der Waals surface area contributed by atoms with E-state index in [0.29, 0.717) is 35.8 Å². The van der Waals surface area contributed by atoms with E-state index in [1.807, 2.05) is 39.0 Å². The van der Waals surface area contributed by atoms with Crippen LogP contribution < -0.4 is 14.8 Å². The highest BCUT2D eigenvalue weighted by molar-refractivity contribution is 5.95. The van der Waals surface area contributed by atoms with Crippen LogP contribution in [0.4, 0.5) is 5.69 Å². The number of rotatable bonds is 8. The molecule has 1 atom stereocenters. The zero-order chi connectivity index (χ0) is 20.0. The average molecular weight is 372 g/mol. The summed E-state index contributed by atoms with van der Waals surface area (Å²) < 4.78 is 11.2. The van der Waals surface area contributed by atoms with Crippen molar-refractivity contribution in [1.82, 2.24) is 5.32 Å². The molecule has 1 N–H and O–H groups in total. The summed E-state index contributed by atoms with van der Waals surface area (Å²) in [6.45, 7) is 8.31. The molecule has 0 heterocycles. The number of nitrogens with one attached hydrogen (secondary N) is 1. The molecule has 2 aromatic carbocycles. The summed E-state index contributed by atoms with van der Waals surface area (Å²) in [7, 11) is 0. The van der Waals surface area contributed by atoms with Gasteiger partial charge in [-0.25, -0.2) is 0 Å². The van der Waals surface area contributed by atoms with E-state index in [4.69, 9.17) is 9.47 Å². The molecule has 0 bridgehead atoms. The summed E-state index contributed by atoms with van der Waals surface area (Å²) in [6.07, 6.45) is 0. The number of benzene rings is 2. The maximum Gasteiger partial charge on any atom is 0.272 e. The largest absolute Gasteiger partial charge is 0.490 e. The fourth-order valence-corrected chi connectivity index (χ4v) is 2.70. The molecule has 0 aliphatic carbocycles. The fraction of sp³-hybridized carbons (Fsp3) is 0.350. The van der Waals surface area contributed by atoms with Crippen molar-refractivity contribution in [3.63, 3.8) is 0 Å². The summed E-state index contributed by atoms with van der Waals surface area (Å²) in [5.41, 5.74) is 1.68. The minimum Gasteiger partial charge on any atom is -0.490 e. The number of amides is 1. The third kappa shape index (κ3) is 4.97. The normalized spacial score (nSPS) is 11.6. The summed E-state index contributed by atoms with van der Waals surface area (Å²) in [6, 6.07) is 9.59. The van der Waals surface area contributed by atoms with E-state index >= 15 is 0 Å². The Balaban J connectivity index is 2.17. The summed E-state index contributed by atoms with van der Waals surface area (Å²) in [4.78, 5) is 22.9. The lowest BCUT2D eigenvalue weighted by Gasteiger charge is -2.17. The second-order valence-electron chi connectivity index (χ2n) is 6.03. The van der Waals surface area contributed by atoms with Gasteiger partial charge in [-0.15, -0.1) is 0 Å². The maximum atomic E-state index is 12.5. The Morgan fingerprint density at radius 3 is 2.37 bits per heavy atom. The SMILES string of the molecule is CCOc1ccc(C(C)NC(=O)c2ccc([N+](=O)[O-])c(C)c2)cc1OCC. The molecular weight excluding hydrogens is 348 g/mol. The number of ether oxygens (including phenoxy) is 2. The molecular formula is C20H24N2O5. The zero-order valence-electron chi connectivity index (χ0n) is 15.9. The van der Waals surface area contributed by atoms with Crippen LogP contribution in [0.2, 0.25) is 0 Å². The lowest BCUT2D eigenvalue weighted by Crippen LogP contribution is -2.26. The monoisotopic (exact) mass is 372 g/mol. The predicted molar refractivity (Wildman–Crippen MR) is 102 cm³/mol. The van der Waals surface area contributed by atoms with Crippen LogP contribution in [-0.2, 0) is 0 Å². The van der Waals surface area contributed by atoms with Crippen molar-refractivity contribution in [1.29, 1.82) is 0 Å². The van der Waals surface area contributed by atoms with E-state index in [0.717, 1.165) is 5.56 Å². The highest BCUT2D eigenvalue weighted by Crippen LogP contribution is 2.31. The third-order valence-corrected chi connectivity index (χ3v) is 4.07. The molecule has 0 spiro atoms. The van der Waals surface area contributed by atoms with Crippen molar-refractivity contribution in [2.75, 3.05) is 13.2 Å². The van der Waals surface area contributed by atoms with Gasteiger partial charge in [0.25, 0.3) is 11.6 Å². The van der Waals surface area contributed by atoms with Crippen LogP contribution in [0, 0.1) is 17.0 Å². The summed E-state index contributed by atoms with van der Waals surface area (Å²) >= 11 is 0. The van der Waals surface area contributed by atoms with E-state index in [1.165, 1.54) is 18.2 Å². The predicted octanol–water partition coefficient (Wildman–Crippen LogP) is 4.19. The van der Waals surface area contributed by atoms with Gasteiger partial charge >= 0.3 is 0 Å². The number of hydrogen-bond donors (Lipinski definition) is 1. The number of nitro benzene ring substituents is 1. The van der Waals surface area contributed by atoms with Crippen LogP contribution in [-0.4, -0.2) is 24.0 Å². The van der Waals surface area contributed by atoms with E-state index < -0.39 is 4.92 Å². The second-order valence-corrected chi connectivity index (χ2v) is 6.03. The van der Waals surface area contributed by atoms with Gasteiger partial charge in [-0.3, -0.25) is 14.9 Å². The van der Waals surface area contributed by atoms with Gasteiger partial charge < -0.3 is 14.8 Å². The first-order chi connectivity index (χ1) is 12.9. The number of nitro groups is 1. The first kappa shape index (κ1) is 20.2. The molecule has 2 rings (SSSR count). The third-order valence-electron chi connectivity index (χ3n) is 4.07.